The van der Waals surface area contributed by atoms with Crippen LogP contribution in [0.1, 0.15) is 21.7 Å². The molecule has 0 spiro atoms. The molecule has 2 N–H and O–H groups in total. The molecule has 7 nitrogen and oxygen atoms in total. The number of nitrogens with one attached hydrogen (secondary N) is 2. The second kappa shape index (κ2) is 8.08. The third-order valence-corrected chi connectivity index (χ3v) is 3.47. The Morgan fingerprint density at radius 2 is 1.92 bits per heavy atom. The van der Waals surface area contributed by atoms with Gasteiger partial charge in [-0.05, 0) is 43.3 Å². The Kier molecular flexibility index (Phi) is 5.87. The molecule has 0 bridgehead atoms. The molecule has 0 unspecified atom stereocenters. The number of benzene rings is 1. The lowest BCUT2D eigenvalue weighted by Crippen LogP contribution is -2.44. The summed E-state index contributed by atoms with van der Waals surface area (Å²) in [5.74, 6) is -0.569. The standard InChI is InChI=1S/C16H13BrN4O3/c1-10-11(8-18)2-7-14(19-10)16(23)21-20-15(22)9-24-13-5-3-12(17)4-6-13/h2-7H,9H2,1H3,(H,20,22)(H,21,23). The molecule has 8 heteroatoms. The molecule has 0 aliphatic rings. The summed E-state index contributed by atoms with van der Waals surface area (Å²) >= 11 is 3.30. The molecule has 122 valence electrons. The van der Waals surface area contributed by atoms with E-state index in [1.54, 1.807) is 31.2 Å². The molecule has 0 aliphatic heterocycles. The van der Waals surface area contributed by atoms with E-state index in [2.05, 4.69) is 31.8 Å². The summed E-state index contributed by atoms with van der Waals surface area (Å²) < 4.78 is 6.17. The molecular formula is C16H13BrN4O3. The van der Waals surface area contributed by atoms with Gasteiger partial charge in [0, 0.05) is 4.47 Å². The number of nitrogens with zero attached hydrogens (tertiary/aromatic N) is 2. The molecule has 0 saturated heterocycles. The number of hydrogen-bond acceptors (Lipinski definition) is 5. The van der Waals surface area contributed by atoms with E-state index in [4.69, 9.17) is 10.00 Å². The van der Waals surface area contributed by atoms with Gasteiger partial charge in [0.25, 0.3) is 11.8 Å². The van der Waals surface area contributed by atoms with Gasteiger partial charge in [0.2, 0.25) is 0 Å². The van der Waals surface area contributed by atoms with Crippen molar-refractivity contribution in [3.05, 3.63) is 57.8 Å². The molecule has 1 aromatic carbocycles. The summed E-state index contributed by atoms with van der Waals surface area (Å²) in [6.45, 7) is 1.38. The van der Waals surface area contributed by atoms with Crippen molar-refractivity contribution in [1.29, 1.82) is 5.26 Å². The maximum absolute atomic E-state index is 11.9. The summed E-state index contributed by atoms with van der Waals surface area (Å²) in [6.07, 6.45) is 0. The Morgan fingerprint density at radius 1 is 1.21 bits per heavy atom. The van der Waals surface area contributed by atoms with Crippen LogP contribution in [0.25, 0.3) is 0 Å². The van der Waals surface area contributed by atoms with Crippen molar-refractivity contribution in [3.8, 4) is 11.8 Å². The molecule has 2 rings (SSSR count). The largest absolute Gasteiger partial charge is 0.484 e. The fourth-order valence-corrected chi connectivity index (χ4v) is 1.98. The van der Waals surface area contributed by atoms with Crippen LogP contribution < -0.4 is 15.6 Å². The third-order valence-electron chi connectivity index (χ3n) is 2.94. The number of aryl methyl sites for hydroxylation is 1. The average molecular weight is 389 g/mol. The predicted octanol–water partition coefficient (Wildman–Crippen LogP) is 1.86. The van der Waals surface area contributed by atoms with Crippen molar-refractivity contribution in [2.45, 2.75) is 6.92 Å². The minimum Gasteiger partial charge on any atom is -0.484 e. The molecule has 2 aromatic rings. The monoisotopic (exact) mass is 388 g/mol. The van der Waals surface area contributed by atoms with Crippen LogP contribution in [-0.4, -0.2) is 23.4 Å². The van der Waals surface area contributed by atoms with Gasteiger partial charge in [-0.1, -0.05) is 15.9 Å². The van der Waals surface area contributed by atoms with Gasteiger partial charge < -0.3 is 4.74 Å². The SMILES string of the molecule is Cc1nc(C(=O)NNC(=O)COc2ccc(Br)cc2)ccc1C#N. The number of halogens is 1. The molecule has 1 aromatic heterocycles. The molecule has 0 radical (unpaired) electrons. The predicted molar refractivity (Wildman–Crippen MR) is 88.9 cm³/mol. The Hall–Kier alpha value is -2.92. The molecule has 1 heterocycles. The second-order valence-electron chi connectivity index (χ2n) is 4.69. The number of carbonyl (C=O) groups excluding carboxylic acids is 2. The van der Waals surface area contributed by atoms with E-state index in [-0.39, 0.29) is 12.3 Å². The van der Waals surface area contributed by atoms with Crippen LogP contribution in [0.2, 0.25) is 0 Å². The lowest BCUT2D eigenvalue weighted by Gasteiger charge is -2.09. The van der Waals surface area contributed by atoms with Gasteiger partial charge in [-0.25, -0.2) is 4.98 Å². The number of carbonyl (C=O) groups is 2. The Bertz CT molecular complexity index is 800. The number of rotatable bonds is 4. The number of amides is 2. The summed E-state index contributed by atoms with van der Waals surface area (Å²) in [7, 11) is 0. The van der Waals surface area contributed by atoms with Gasteiger partial charge in [-0.2, -0.15) is 5.26 Å². The number of ether oxygens (including phenoxy) is 1. The van der Waals surface area contributed by atoms with Gasteiger partial charge in [-0.15, -0.1) is 0 Å². The third kappa shape index (κ3) is 4.79. The fraction of sp³-hybridized carbons (Fsp3) is 0.125. The Labute approximate surface area is 146 Å². The molecule has 24 heavy (non-hydrogen) atoms. The minimum atomic E-state index is -0.584. The first-order valence-electron chi connectivity index (χ1n) is 6.85. The van der Waals surface area contributed by atoms with Crippen LogP contribution in [-0.2, 0) is 4.79 Å². The Balaban J connectivity index is 1.83. The van der Waals surface area contributed by atoms with Crippen molar-refractivity contribution in [3.63, 3.8) is 0 Å². The van der Waals surface area contributed by atoms with E-state index in [9.17, 15) is 9.59 Å². The van der Waals surface area contributed by atoms with E-state index in [1.807, 2.05) is 6.07 Å². The van der Waals surface area contributed by atoms with Gasteiger partial charge in [-0.3, -0.25) is 20.4 Å². The number of pyridine rings is 1. The van der Waals surface area contributed by atoms with Crippen molar-refractivity contribution in [2.75, 3.05) is 6.61 Å². The van der Waals surface area contributed by atoms with Crippen LogP contribution in [0.5, 0.6) is 5.75 Å². The zero-order valence-corrected chi connectivity index (χ0v) is 14.3. The molecular weight excluding hydrogens is 376 g/mol. The molecule has 0 saturated carbocycles. The van der Waals surface area contributed by atoms with Gasteiger partial charge >= 0.3 is 0 Å². The van der Waals surface area contributed by atoms with Gasteiger partial charge in [0.05, 0.1) is 11.3 Å². The van der Waals surface area contributed by atoms with Gasteiger partial charge in [0.15, 0.2) is 6.61 Å². The normalized spacial score (nSPS) is 9.71. The summed E-state index contributed by atoms with van der Waals surface area (Å²) in [5, 5.41) is 8.83. The number of hydrogen-bond donors (Lipinski definition) is 2. The smallest absolute Gasteiger partial charge is 0.288 e. The fourth-order valence-electron chi connectivity index (χ4n) is 1.71. The summed E-state index contributed by atoms with van der Waals surface area (Å²) in [6, 6.07) is 11.9. The van der Waals surface area contributed by atoms with E-state index >= 15 is 0 Å². The highest BCUT2D eigenvalue weighted by Crippen LogP contribution is 2.15. The molecule has 2 amide bonds. The highest BCUT2D eigenvalue weighted by molar-refractivity contribution is 9.10. The molecule has 0 atom stereocenters. The van der Waals surface area contributed by atoms with E-state index in [0.29, 0.717) is 17.0 Å². The molecule has 0 aliphatic carbocycles. The Morgan fingerprint density at radius 3 is 2.54 bits per heavy atom. The topological polar surface area (TPSA) is 104 Å². The summed E-state index contributed by atoms with van der Waals surface area (Å²) in [5.41, 5.74) is 5.40. The zero-order valence-electron chi connectivity index (χ0n) is 12.7. The first kappa shape index (κ1) is 17.4. The van der Waals surface area contributed by atoms with Gasteiger partial charge in [0.1, 0.15) is 17.5 Å². The van der Waals surface area contributed by atoms with E-state index in [0.717, 1.165) is 4.47 Å². The highest BCUT2D eigenvalue weighted by Gasteiger charge is 2.11. The quantitative estimate of drug-likeness (QED) is 0.777. The first-order valence-corrected chi connectivity index (χ1v) is 7.64. The second-order valence-corrected chi connectivity index (χ2v) is 5.60. The van der Waals surface area contributed by atoms with Crippen molar-refractivity contribution < 1.29 is 14.3 Å². The van der Waals surface area contributed by atoms with E-state index < -0.39 is 11.8 Å². The maximum Gasteiger partial charge on any atom is 0.288 e. The zero-order chi connectivity index (χ0) is 17.5. The number of aromatic nitrogens is 1. The van der Waals surface area contributed by atoms with Crippen molar-refractivity contribution >= 4 is 27.7 Å². The number of hydrazine groups is 1. The average Bonchev–Trinajstić information content (AvgIpc) is 2.59. The molecule has 0 fully saturated rings. The number of nitriles is 1. The lowest BCUT2D eigenvalue weighted by molar-refractivity contribution is -0.123. The highest BCUT2D eigenvalue weighted by atomic mass is 79.9. The van der Waals surface area contributed by atoms with Crippen molar-refractivity contribution in [2.24, 2.45) is 0 Å². The first-order chi connectivity index (χ1) is 11.5. The van der Waals surface area contributed by atoms with E-state index in [1.165, 1.54) is 12.1 Å². The van der Waals surface area contributed by atoms with Crippen LogP contribution in [0.3, 0.4) is 0 Å². The van der Waals surface area contributed by atoms with Crippen LogP contribution in [0.4, 0.5) is 0 Å². The van der Waals surface area contributed by atoms with Crippen LogP contribution in [0.15, 0.2) is 40.9 Å². The van der Waals surface area contributed by atoms with Crippen molar-refractivity contribution in [1.82, 2.24) is 15.8 Å². The van der Waals surface area contributed by atoms with Crippen LogP contribution >= 0.6 is 15.9 Å². The summed E-state index contributed by atoms with van der Waals surface area (Å²) in [4.78, 5) is 27.6. The minimum absolute atomic E-state index is 0.0978. The maximum atomic E-state index is 11.9. The lowest BCUT2D eigenvalue weighted by atomic mass is 10.2. The van der Waals surface area contributed by atoms with Crippen LogP contribution in [0, 0.1) is 18.3 Å².